The summed E-state index contributed by atoms with van der Waals surface area (Å²) < 4.78 is 54.8. The fraction of sp³-hybridized carbons (Fsp3) is 0.455. The van der Waals surface area contributed by atoms with Crippen LogP contribution in [0.25, 0.3) is 0 Å². The van der Waals surface area contributed by atoms with E-state index in [1.807, 2.05) is 0 Å². The third-order valence-corrected chi connectivity index (χ3v) is 2.46. The molecule has 3 N–H and O–H groups in total. The van der Waals surface area contributed by atoms with Crippen LogP contribution in [0.15, 0.2) is 18.2 Å². The first kappa shape index (κ1) is 17.9. The lowest BCUT2D eigenvalue weighted by atomic mass is 10.0. The lowest BCUT2D eigenvalue weighted by molar-refractivity contribution is -0.154. The van der Waals surface area contributed by atoms with Crippen LogP contribution in [-0.2, 0) is 0 Å². The van der Waals surface area contributed by atoms with Gasteiger partial charge in [0.05, 0.1) is 13.2 Å². The monoisotopic (exact) mass is 303 g/mol. The minimum atomic E-state index is -4.63. The normalized spacial score (nSPS) is 14.5. The van der Waals surface area contributed by atoms with Crippen molar-refractivity contribution in [1.29, 1.82) is 0 Å². The minimum absolute atomic E-state index is 0. The van der Waals surface area contributed by atoms with E-state index in [0.29, 0.717) is 0 Å². The quantitative estimate of drug-likeness (QED) is 0.841. The summed E-state index contributed by atoms with van der Waals surface area (Å²) in [5.41, 5.74) is 4.60. The maximum atomic E-state index is 13.4. The van der Waals surface area contributed by atoms with Gasteiger partial charge in [-0.25, -0.2) is 4.39 Å². The summed E-state index contributed by atoms with van der Waals surface area (Å²) >= 11 is 0. The van der Waals surface area contributed by atoms with Crippen molar-refractivity contribution < 1.29 is 27.4 Å². The number of aliphatic hydroxyl groups is 1. The van der Waals surface area contributed by atoms with Crippen LogP contribution in [0, 0.1) is 5.82 Å². The van der Waals surface area contributed by atoms with Crippen LogP contribution in [0.4, 0.5) is 17.6 Å². The lowest BCUT2D eigenvalue weighted by Gasteiger charge is -2.19. The molecule has 0 saturated heterocycles. The number of ether oxygens (including phenoxy) is 1. The zero-order valence-corrected chi connectivity index (χ0v) is 10.8. The topological polar surface area (TPSA) is 55.5 Å². The van der Waals surface area contributed by atoms with Crippen LogP contribution in [0.1, 0.15) is 18.1 Å². The molecule has 0 unspecified atom stereocenters. The molecular weight excluding hydrogens is 290 g/mol. The number of alkyl halides is 3. The predicted molar refractivity (Wildman–Crippen MR) is 63.8 cm³/mol. The van der Waals surface area contributed by atoms with Gasteiger partial charge in [0, 0.05) is 12.0 Å². The number of hydrogen-bond donors (Lipinski definition) is 2. The number of hydrogen-bond acceptors (Lipinski definition) is 3. The summed E-state index contributed by atoms with van der Waals surface area (Å²) in [6.45, 7) is 0. The highest BCUT2D eigenvalue weighted by molar-refractivity contribution is 5.85. The van der Waals surface area contributed by atoms with Crippen LogP contribution in [0.3, 0.4) is 0 Å². The average molecular weight is 304 g/mol. The van der Waals surface area contributed by atoms with Crippen molar-refractivity contribution in [2.24, 2.45) is 5.73 Å². The fourth-order valence-electron chi connectivity index (χ4n) is 1.41. The molecule has 8 heteroatoms. The lowest BCUT2D eigenvalue weighted by Crippen LogP contribution is -2.38. The van der Waals surface area contributed by atoms with Gasteiger partial charge in [0.25, 0.3) is 0 Å². The Balaban J connectivity index is 0.00000324. The van der Waals surface area contributed by atoms with Gasteiger partial charge in [0.15, 0.2) is 0 Å². The number of benzene rings is 1. The first-order valence-electron chi connectivity index (χ1n) is 5.09. The fourth-order valence-corrected chi connectivity index (χ4v) is 1.41. The smallest absolute Gasteiger partial charge is 0.403 e. The zero-order valence-electron chi connectivity index (χ0n) is 9.95. The molecular formula is C11H14ClF4NO2. The molecule has 0 radical (unpaired) electrons. The molecule has 0 aliphatic heterocycles. The van der Waals surface area contributed by atoms with E-state index in [4.69, 9.17) is 10.5 Å². The standard InChI is InChI=1S/C11H13F4NO2.ClH/c1-18-6-2-3-8(12)7(4-6)9(17)5-10(16)11(13,14)15;/h2-4,9-10,17H,5,16H2,1H3;1H/t9-,10+;/m0./s1. The Hall–Kier alpha value is -1.05. The Labute approximate surface area is 113 Å². The van der Waals surface area contributed by atoms with Crippen LogP contribution in [0.5, 0.6) is 5.75 Å². The number of halogens is 5. The first-order chi connectivity index (χ1) is 8.25. The number of aliphatic hydroxyl groups excluding tert-OH is 1. The van der Waals surface area contributed by atoms with Gasteiger partial charge in [0.2, 0.25) is 0 Å². The third-order valence-electron chi connectivity index (χ3n) is 2.46. The van der Waals surface area contributed by atoms with E-state index in [9.17, 15) is 22.7 Å². The predicted octanol–water partition coefficient (Wildman–Crippen LogP) is 2.57. The van der Waals surface area contributed by atoms with Gasteiger partial charge < -0.3 is 15.6 Å². The van der Waals surface area contributed by atoms with Crippen molar-refractivity contribution in [1.82, 2.24) is 0 Å². The Morgan fingerprint density at radius 2 is 1.95 bits per heavy atom. The van der Waals surface area contributed by atoms with Crippen LogP contribution < -0.4 is 10.5 Å². The molecule has 0 heterocycles. The molecule has 1 aromatic carbocycles. The molecule has 19 heavy (non-hydrogen) atoms. The Bertz CT molecular complexity index is 414. The van der Waals surface area contributed by atoms with Gasteiger partial charge in [-0.3, -0.25) is 0 Å². The van der Waals surface area contributed by atoms with Gasteiger partial charge in [-0.1, -0.05) is 0 Å². The molecule has 110 valence electrons. The Kier molecular flexibility index (Phi) is 6.54. The third kappa shape index (κ3) is 4.85. The van der Waals surface area contributed by atoms with E-state index in [1.165, 1.54) is 13.2 Å². The van der Waals surface area contributed by atoms with E-state index >= 15 is 0 Å². The second-order valence-corrected chi connectivity index (χ2v) is 3.79. The van der Waals surface area contributed by atoms with E-state index in [-0.39, 0.29) is 23.7 Å². The van der Waals surface area contributed by atoms with Crippen molar-refractivity contribution in [3.05, 3.63) is 29.6 Å². The molecule has 1 aromatic rings. The summed E-state index contributed by atoms with van der Waals surface area (Å²) in [4.78, 5) is 0. The highest BCUT2D eigenvalue weighted by Crippen LogP contribution is 2.29. The van der Waals surface area contributed by atoms with E-state index in [1.54, 1.807) is 0 Å². The molecule has 0 amide bonds. The molecule has 0 aliphatic rings. The van der Waals surface area contributed by atoms with Crippen molar-refractivity contribution >= 4 is 12.4 Å². The van der Waals surface area contributed by atoms with Gasteiger partial charge in [0.1, 0.15) is 17.6 Å². The van der Waals surface area contributed by atoms with Crippen LogP contribution in [-0.4, -0.2) is 24.4 Å². The van der Waals surface area contributed by atoms with Gasteiger partial charge in [-0.05, 0) is 18.2 Å². The van der Waals surface area contributed by atoms with Gasteiger partial charge in [-0.15, -0.1) is 12.4 Å². The largest absolute Gasteiger partial charge is 0.497 e. The van der Waals surface area contributed by atoms with Crippen molar-refractivity contribution in [2.75, 3.05) is 7.11 Å². The van der Waals surface area contributed by atoms with Crippen LogP contribution >= 0.6 is 12.4 Å². The molecule has 0 bridgehead atoms. The Morgan fingerprint density at radius 3 is 2.42 bits per heavy atom. The van der Waals surface area contributed by atoms with Gasteiger partial charge >= 0.3 is 6.18 Å². The van der Waals surface area contributed by atoms with Crippen molar-refractivity contribution in [2.45, 2.75) is 24.7 Å². The molecule has 0 saturated carbocycles. The van der Waals surface area contributed by atoms with Crippen molar-refractivity contribution in [3.63, 3.8) is 0 Å². The molecule has 0 aromatic heterocycles. The van der Waals surface area contributed by atoms with Crippen molar-refractivity contribution in [3.8, 4) is 5.75 Å². The zero-order chi connectivity index (χ0) is 13.9. The van der Waals surface area contributed by atoms with E-state index in [2.05, 4.69) is 0 Å². The molecule has 0 fully saturated rings. The summed E-state index contributed by atoms with van der Waals surface area (Å²) in [7, 11) is 1.32. The summed E-state index contributed by atoms with van der Waals surface area (Å²) in [6.07, 6.45) is -7.08. The number of rotatable bonds is 4. The maximum Gasteiger partial charge on any atom is 0.403 e. The maximum absolute atomic E-state index is 13.4. The van der Waals surface area contributed by atoms with E-state index in [0.717, 1.165) is 12.1 Å². The summed E-state index contributed by atoms with van der Waals surface area (Å²) in [6, 6.07) is 1.24. The second-order valence-electron chi connectivity index (χ2n) is 3.79. The highest BCUT2D eigenvalue weighted by atomic mass is 35.5. The number of nitrogens with two attached hydrogens (primary N) is 1. The molecule has 0 aliphatic carbocycles. The average Bonchev–Trinajstić information content (AvgIpc) is 2.28. The summed E-state index contributed by atoms with van der Waals surface area (Å²) in [5.74, 6) is -0.566. The van der Waals surface area contributed by atoms with E-state index < -0.39 is 30.6 Å². The Morgan fingerprint density at radius 1 is 1.37 bits per heavy atom. The SMILES string of the molecule is COc1ccc(F)c([C@@H](O)C[C@@H](N)C(F)(F)F)c1.Cl. The molecule has 1 rings (SSSR count). The van der Waals surface area contributed by atoms with Crippen LogP contribution in [0.2, 0.25) is 0 Å². The second kappa shape index (κ2) is 6.93. The first-order valence-corrected chi connectivity index (χ1v) is 5.09. The highest BCUT2D eigenvalue weighted by Gasteiger charge is 2.38. The molecule has 2 atom stereocenters. The summed E-state index contributed by atoms with van der Waals surface area (Å²) in [5, 5.41) is 9.58. The number of methoxy groups -OCH3 is 1. The minimum Gasteiger partial charge on any atom is -0.497 e. The van der Waals surface area contributed by atoms with Gasteiger partial charge in [-0.2, -0.15) is 13.2 Å². The molecule has 3 nitrogen and oxygen atoms in total. The molecule has 0 spiro atoms.